The number of likely N-dealkylation sites (tertiary alicyclic amines) is 1. The highest BCUT2D eigenvalue weighted by Gasteiger charge is 2.38. The zero-order chi connectivity index (χ0) is 17.0. The number of carbonyl (C=O) groups excluding carboxylic acids is 2. The third-order valence-corrected chi connectivity index (χ3v) is 5.05. The van der Waals surface area contributed by atoms with Gasteiger partial charge in [-0.2, -0.15) is 0 Å². The molecule has 1 aromatic rings. The Bertz CT molecular complexity index is 581. The second kappa shape index (κ2) is 7.21. The number of hydrogen-bond acceptors (Lipinski definition) is 3. The topological polar surface area (TPSA) is 81.7 Å². The van der Waals surface area contributed by atoms with Crippen molar-refractivity contribution in [3.8, 4) is 0 Å². The number of rotatable bonds is 6. The van der Waals surface area contributed by atoms with Crippen molar-refractivity contribution in [2.75, 3.05) is 19.7 Å². The van der Waals surface area contributed by atoms with E-state index in [1.54, 1.807) is 0 Å². The van der Waals surface area contributed by atoms with E-state index >= 15 is 0 Å². The zero-order valence-corrected chi connectivity index (χ0v) is 13.8. The summed E-state index contributed by atoms with van der Waals surface area (Å²) in [7, 11) is 0. The van der Waals surface area contributed by atoms with Crippen LogP contribution in [0.1, 0.15) is 31.2 Å². The second-order valence-corrected chi connectivity index (χ2v) is 6.96. The number of aliphatic hydroxyl groups excluding tert-OH is 1. The summed E-state index contributed by atoms with van der Waals surface area (Å²) in [6.45, 7) is 1.74. The molecule has 3 rings (SSSR count). The first-order valence-corrected chi connectivity index (χ1v) is 8.59. The van der Waals surface area contributed by atoms with Gasteiger partial charge in [0.05, 0.1) is 12.1 Å². The van der Waals surface area contributed by atoms with Crippen molar-refractivity contribution in [1.82, 2.24) is 15.5 Å². The van der Waals surface area contributed by atoms with Gasteiger partial charge in [-0.15, -0.1) is 0 Å². The van der Waals surface area contributed by atoms with Gasteiger partial charge in [-0.1, -0.05) is 30.3 Å². The lowest BCUT2D eigenvalue weighted by molar-refractivity contribution is -0.128. The Balaban J connectivity index is 1.43. The van der Waals surface area contributed by atoms with Crippen molar-refractivity contribution >= 4 is 11.9 Å². The first-order chi connectivity index (χ1) is 11.6. The average molecular weight is 331 g/mol. The molecule has 1 heterocycles. The van der Waals surface area contributed by atoms with E-state index in [1.807, 2.05) is 35.2 Å². The third-order valence-electron chi connectivity index (χ3n) is 5.05. The number of amides is 3. The van der Waals surface area contributed by atoms with E-state index in [4.69, 9.17) is 0 Å². The number of carbonyl (C=O) groups is 2. The normalized spacial score (nSPS) is 22.1. The first-order valence-electron chi connectivity index (χ1n) is 8.59. The number of urea groups is 1. The van der Waals surface area contributed by atoms with Gasteiger partial charge in [-0.25, -0.2) is 4.79 Å². The minimum atomic E-state index is -0.436. The lowest BCUT2D eigenvalue weighted by atomic mass is 9.77. The van der Waals surface area contributed by atoms with E-state index < -0.39 is 5.54 Å². The van der Waals surface area contributed by atoms with Gasteiger partial charge in [-0.05, 0) is 24.8 Å². The predicted octanol–water partition coefficient (Wildman–Crippen LogP) is 1.25. The maximum Gasteiger partial charge on any atom is 0.315 e. The molecule has 0 spiro atoms. The first kappa shape index (κ1) is 16.8. The Morgan fingerprint density at radius 2 is 2.04 bits per heavy atom. The molecule has 130 valence electrons. The van der Waals surface area contributed by atoms with Gasteiger partial charge in [0, 0.05) is 32.0 Å². The van der Waals surface area contributed by atoms with E-state index in [-0.39, 0.29) is 24.5 Å². The average Bonchev–Trinajstić information content (AvgIpc) is 2.90. The molecule has 2 fully saturated rings. The number of benzene rings is 1. The minimum absolute atomic E-state index is 0.0206. The highest BCUT2D eigenvalue weighted by molar-refractivity contribution is 5.79. The molecule has 6 nitrogen and oxygen atoms in total. The van der Waals surface area contributed by atoms with Gasteiger partial charge in [0.25, 0.3) is 0 Å². The Labute approximate surface area is 142 Å². The van der Waals surface area contributed by atoms with Crippen LogP contribution in [-0.2, 0) is 11.3 Å². The van der Waals surface area contributed by atoms with Gasteiger partial charge in [0.15, 0.2) is 0 Å². The highest BCUT2D eigenvalue weighted by Crippen LogP contribution is 2.31. The Hall–Kier alpha value is -2.08. The summed E-state index contributed by atoms with van der Waals surface area (Å²) in [5.74, 6) is 0.273. The van der Waals surface area contributed by atoms with Gasteiger partial charge < -0.3 is 20.6 Å². The molecule has 1 saturated heterocycles. The van der Waals surface area contributed by atoms with Crippen molar-refractivity contribution in [2.24, 2.45) is 5.92 Å². The standard InChI is InChI=1S/C18H25N3O3/c22-13-18(7-4-8-18)20-17(24)19-10-15-9-16(23)21(12-15)11-14-5-2-1-3-6-14/h1-3,5-6,15,22H,4,7-13H2,(H2,19,20,24)/t15-/m0/s1. The molecule has 3 N–H and O–H groups in total. The molecular formula is C18H25N3O3. The van der Waals surface area contributed by atoms with E-state index in [1.165, 1.54) is 0 Å². The van der Waals surface area contributed by atoms with Crippen LogP contribution in [0.2, 0.25) is 0 Å². The smallest absolute Gasteiger partial charge is 0.315 e. The largest absolute Gasteiger partial charge is 0.394 e. The van der Waals surface area contributed by atoms with Crippen LogP contribution in [0.25, 0.3) is 0 Å². The molecule has 3 amide bonds. The predicted molar refractivity (Wildman–Crippen MR) is 90.2 cm³/mol. The molecule has 0 unspecified atom stereocenters. The molecule has 1 atom stereocenters. The number of hydrogen-bond donors (Lipinski definition) is 3. The zero-order valence-electron chi connectivity index (χ0n) is 13.8. The Morgan fingerprint density at radius 3 is 2.67 bits per heavy atom. The number of aliphatic hydroxyl groups is 1. The molecule has 1 aromatic carbocycles. The number of nitrogens with one attached hydrogen (secondary N) is 2. The van der Waals surface area contributed by atoms with Gasteiger partial charge in [0.2, 0.25) is 5.91 Å². The SMILES string of the molecule is O=C(NC[C@@H]1CC(=O)N(Cc2ccccc2)C1)NC1(CO)CCC1. The van der Waals surface area contributed by atoms with Crippen LogP contribution in [0.15, 0.2) is 30.3 Å². The summed E-state index contributed by atoms with van der Waals surface area (Å²) >= 11 is 0. The van der Waals surface area contributed by atoms with Crippen LogP contribution >= 0.6 is 0 Å². The number of nitrogens with zero attached hydrogens (tertiary/aromatic N) is 1. The summed E-state index contributed by atoms with van der Waals surface area (Å²) in [5, 5.41) is 15.1. The Morgan fingerprint density at radius 1 is 1.29 bits per heavy atom. The van der Waals surface area contributed by atoms with E-state index in [9.17, 15) is 14.7 Å². The summed E-state index contributed by atoms with van der Waals surface area (Å²) < 4.78 is 0. The molecule has 2 aliphatic rings. The van der Waals surface area contributed by atoms with Crippen LogP contribution in [0, 0.1) is 5.92 Å². The highest BCUT2D eigenvalue weighted by atomic mass is 16.3. The summed E-state index contributed by atoms with van der Waals surface area (Å²) in [4.78, 5) is 26.0. The summed E-state index contributed by atoms with van der Waals surface area (Å²) in [5.41, 5.74) is 0.682. The maximum absolute atomic E-state index is 12.1. The van der Waals surface area contributed by atoms with Gasteiger partial charge >= 0.3 is 6.03 Å². The molecule has 1 saturated carbocycles. The molecule has 0 aromatic heterocycles. The van der Waals surface area contributed by atoms with E-state index in [0.29, 0.717) is 26.1 Å². The molecule has 1 aliphatic carbocycles. The fourth-order valence-corrected chi connectivity index (χ4v) is 3.40. The Kier molecular flexibility index (Phi) is 5.04. The van der Waals surface area contributed by atoms with Crippen molar-refractivity contribution in [3.63, 3.8) is 0 Å². The minimum Gasteiger partial charge on any atom is -0.394 e. The molecule has 0 radical (unpaired) electrons. The van der Waals surface area contributed by atoms with Gasteiger partial charge in [-0.3, -0.25) is 4.79 Å². The maximum atomic E-state index is 12.1. The summed E-state index contributed by atoms with van der Waals surface area (Å²) in [6, 6.07) is 9.67. The van der Waals surface area contributed by atoms with E-state index in [0.717, 1.165) is 24.8 Å². The van der Waals surface area contributed by atoms with E-state index in [2.05, 4.69) is 10.6 Å². The van der Waals surface area contributed by atoms with Gasteiger partial charge in [0.1, 0.15) is 0 Å². The third kappa shape index (κ3) is 3.87. The molecule has 1 aliphatic heterocycles. The van der Waals surface area contributed by atoms with Crippen LogP contribution in [0.5, 0.6) is 0 Å². The van der Waals surface area contributed by atoms with Crippen molar-refractivity contribution < 1.29 is 14.7 Å². The molecule has 24 heavy (non-hydrogen) atoms. The van der Waals surface area contributed by atoms with Crippen LogP contribution in [0.3, 0.4) is 0 Å². The fourth-order valence-electron chi connectivity index (χ4n) is 3.40. The second-order valence-electron chi connectivity index (χ2n) is 6.96. The molecular weight excluding hydrogens is 306 g/mol. The summed E-state index contributed by atoms with van der Waals surface area (Å²) in [6.07, 6.45) is 3.15. The quantitative estimate of drug-likeness (QED) is 0.734. The van der Waals surface area contributed by atoms with Crippen molar-refractivity contribution in [1.29, 1.82) is 0 Å². The van der Waals surface area contributed by atoms with Crippen LogP contribution in [-0.4, -0.2) is 47.2 Å². The monoisotopic (exact) mass is 331 g/mol. The lowest BCUT2D eigenvalue weighted by Gasteiger charge is -2.40. The van der Waals surface area contributed by atoms with Crippen LogP contribution in [0.4, 0.5) is 4.79 Å². The van der Waals surface area contributed by atoms with Crippen molar-refractivity contribution in [3.05, 3.63) is 35.9 Å². The molecule has 6 heteroatoms. The fraction of sp³-hybridized carbons (Fsp3) is 0.556. The lowest BCUT2D eigenvalue weighted by Crippen LogP contribution is -2.58. The van der Waals surface area contributed by atoms with Crippen LogP contribution < -0.4 is 10.6 Å². The van der Waals surface area contributed by atoms with Crippen molar-refractivity contribution in [2.45, 2.75) is 37.8 Å². The molecule has 0 bridgehead atoms.